The van der Waals surface area contributed by atoms with Crippen LogP contribution in [-0.2, 0) is 9.59 Å². The maximum Gasteiger partial charge on any atom is 0.226 e. The summed E-state index contributed by atoms with van der Waals surface area (Å²) in [6.45, 7) is 11.4. The van der Waals surface area contributed by atoms with E-state index in [0.29, 0.717) is 23.7 Å². The zero-order valence-corrected chi connectivity index (χ0v) is 17.3. The molecule has 1 amide bonds. The minimum Gasteiger partial charge on any atom is -0.387 e. The molecule has 4 rings (SSSR count). The van der Waals surface area contributed by atoms with E-state index in [0.717, 1.165) is 51.0 Å². The fourth-order valence-corrected chi connectivity index (χ4v) is 6.96. The lowest BCUT2D eigenvalue weighted by molar-refractivity contribution is -0.141. The van der Waals surface area contributed by atoms with Gasteiger partial charge in [0.1, 0.15) is 0 Å². The first-order valence-corrected chi connectivity index (χ1v) is 10.8. The summed E-state index contributed by atoms with van der Waals surface area (Å²) < 4.78 is 0. The van der Waals surface area contributed by atoms with Gasteiger partial charge < -0.3 is 10.2 Å². The third-order valence-electron chi connectivity index (χ3n) is 8.57. The van der Waals surface area contributed by atoms with Crippen LogP contribution in [0.5, 0.6) is 0 Å². The van der Waals surface area contributed by atoms with Crippen molar-refractivity contribution >= 4 is 11.7 Å². The lowest BCUT2D eigenvalue weighted by Crippen LogP contribution is -2.56. The lowest BCUT2D eigenvalue weighted by Gasteiger charge is -2.57. The summed E-state index contributed by atoms with van der Waals surface area (Å²) in [5, 5.41) is 3.60. The fraction of sp³-hybridized carbons (Fsp3) is 0.739. The van der Waals surface area contributed by atoms with Crippen molar-refractivity contribution in [3.05, 3.63) is 23.9 Å². The second-order valence-corrected chi connectivity index (χ2v) is 9.52. The molecule has 0 aromatic carbocycles. The van der Waals surface area contributed by atoms with Gasteiger partial charge in [-0.15, -0.1) is 0 Å². The number of amides is 1. The first-order chi connectivity index (χ1) is 12.8. The van der Waals surface area contributed by atoms with Crippen LogP contribution < -0.4 is 5.32 Å². The van der Waals surface area contributed by atoms with Gasteiger partial charge in [-0.3, -0.25) is 9.59 Å². The molecule has 0 aromatic heterocycles. The van der Waals surface area contributed by atoms with Crippen LogP contribution in [0, 0.1) is 34.5 Å². The highest BCUT2D eigenvalue weighted by Gasteiger charge is 2.60. The summed E-state index contributed by atoms with van der Waals surface area (Å²) >= 11 is 0. The average Bonchev–Trinajstić information content (AvgIpc) is 3.00. The number of rotatable bonds is 3. The van der Waals surface area contributed by atoms with Crippen LogP contribution >= 0.6 is 0 Å². The third kappa shape index (κ3) is 2.62. The van der Waals surface area contributed by atoms with Crippen LogP contribution in [0.25, 0.3) is 0 Å². The number of allylic oxidation sites excluding steroid dienone is 3. The van der Waals surface area contributed by atoms with E-state index in [1.54, 1.807) is 12.2 Å². The zero-order valence-electron chi connectivity index (χ0n) is 17.3. The van der Waals surface area contributed by atoms with E-state index in [-0.39, 0.29) is 22.5 Å². The van der Waals surface area contributed by atoms with Crippen molar-refractivity contribution in [2.24, 2.45) is 34.5 Å². The molecule has 2 saturated carbocycles. The van der Waals surface area contributed by atoms with Gasteiger partial charge >= 0.3 is 0 Å². The van der Waals surface area contributed by atoms with Crippen LogP contribution in [0.1, 0.15) is 53.4 Å². The minimum atomic E-state index is -0.0564. The Morgan fingerprint density at radius 1 is 1.19 bits per heavy atom. The number of fused-ring (bicyclic) bond motifs is 5. The summed E-state index contributed by atoms with van der Waals surface area (Å²) in [5.41, 5.74) is 1.17. The summed E-state index contributed by atoms with van der Waals surface area (Å²) in [6, 6.07) is 0. The second-order valence-electron chi connectivity index (χ2n) is 9.52. The number of hydrogen-bond acceptors (Lipinski definition) is 3. The zero-order chi connectivity index (χ0) is 19.4. The van der Waals surface area contributed by atoms with Gasteiger partial charge in [0.15, 0.2) is 5.78 Å². The molecule has 0 aromatic rings. The van der Waals surface area contributed by atoms with E-state index in [9.17, 15) is 9.59 Å². The van der Waals surface area contributed by atoms with Crippen LogP contribution in [-0.4, -0.2) is 36.2 Å². The molecule has 0 radical (unpaired) electrons. The van der Waals surface area contributed by atoms with E-state index in [1.807, 2.05) is 4.90 Å². The highest BCUT2D eigenvalue weighted by atomic mass is 16.2. The number of piperidine rings is 1. The Bertz CT molecular complexity index is 707. The molecule has 4 nitrogen and oxygen atoms in total. The molecule has 4 aliphatic rings. The number of carbonyl (C=O) groups excluding carboxylic acids is 2. The number of nitrogens with one attached hydrogen (secondary N) is 1. The predicted octanol–water partition coefficient (Wildman–Crippen LogP) is 3.55. The van der Waals surface area contributed by atoms with Crippen molar-refractivity contribution in [3.63, 3.8) is 0 Å². The first kappa shape index (κ1) is 18.8. The normalized spacial score (nSPS) is 42.5. The molecular formula is C23H34N2O2. The largest absolute Gasteiger partial charge is 0.387 e. The standard InChI is InChI=1S/C23H34N2O2/c1-5-25(6-2)21(27)19-8-7-17-16-14-24-20-13-15(26)9-11-23(20,4)18(16)10-12-22(17,19)3/h9,11,13,16-19,24H,5-8,10,12,14H2,1-4H3/t16-,17-,18+,19?,22-,23+/m0/s1. The van der Waals surface area contributed by atoms with Crippen molar-refractivity contribution in [1.82, 2.24) is 10.2 Å². The molecule has 3 fully saturated rings. The molecule has 6 atom stereocenters. The minimum absolute atomic E-state index is 0.0564. The fourth-order valence-electron chi connectivity index (χ4n) is 6.96. The van der Waals surface area contributed by atoms with E-state index in [1.165, 1.54) is 0 Å². The predicted molar refractivity (Wildman–Crippen MR) is 107 cm³/mol. The van der Waals surface area contributed by atoms with E-state index in [4.69, 9.17) is 0 Å². The van der Waals surface area contributed by atoms with Gasteiger partial charge in [0.25, 0.3) is 0 Å². The Morgan fingerprint density at radius 3 is 2.63 bits per heavy atom. The molecule has 1 N–H and O–H groups in total. The Kier molecular flexibility index (Phi) is 4.51. The van der Waals surface area contributed by atoms with E-state index >= 15 is 0 Å². The highest BCUT2D eigenvalue weighted by molar-refractivity contribution is 6.01. The Morgan fingerprint density at radius 2 is 1.93 bits per heavy atom. The average molecular weight is 371 g/mol. The molecule has 0 bridgehead atoms. The number of hydrogen-bond donors (Lipinski definition) is 1. The topological polar surface area (TPSA) is 49.4 Å². The van der Waals surface area contributed by atoms with Crippen LogP contribution in [0.15, 0.2) is 23.9 Å². The molecule has 1 saturated heterocycles. The Hall–Kier alpha value is -1.58. The molecule has 148 valence electrons. The van der Waals surface area contributed by atoms with Crippen molar-refractivity contribution in [2.75, 3.05) is 19.6 Å². The number of nitrogens with zero attached hydrogens (tertiary/aromatic N) is 1. The van der Waals surface area contributed by atoms with Crippen LogP contribution in [0.3, 0.4) is 0 Å². The maximum absolute atomic E-state index is 13.2. The van der Waals surface area contributed by atoms with Crippen molar-refractivity contribution < 1.29 is 9.59 Å². The summed E-state index contributed by atoms with van der Waals surface area (Å²) in [5.74, 6) is 2.39. The highest BCUT2D eigenvalue weighted by Crippen LogP contribution is 2.63. The monoisotopic (exact) mass is 370 g/mol. The van der Waals surface area contributed by atoms with Gasteiger partial charge in [0.05, 0.1) is 0 Å². The molecular weight excluding hydrogens is 336 g/mol. The Labute approximate surface area is 163 Å². The molecule has 0 spiro atoms. The van der Waals surface area contributed by atoms with Gasteiger partial charge in [0, 0.05) is 42.7 Å². The van der Waals surface area contributed by atoms with Gasteiger partial charge in [-0.1, -0.05) is 19.9 Å². The number of carbonyl (C=O) groups is 2. The maximum atomic E-state index is 13.2. The quantitative estimate of drug-likeness (QED) is 0.827. The van der Waals surface area contributed by atoms with Gasteiger partial charge in [0.2, 0.25) is 5.91 Å². The Balaban J connectivity index is 1.61. The second kappa shape index (κ2) is 6.49. The van der Waals surface area contributed by atoms with Crippen LogP contribution in [0.4, 0.5) is 0 Å². The van der Waals surface area contributed by atoms with Crippen molar-refractivity contribution in [2.45, 2.75) is 53.4 Å². The molecule has 1 unspecified atom stereocenters. The summed E-state index contributed by atoms with van der Waals surface area (Å²) in [4.78, 5) is 27.1. The van der Waals surface area contributed by atoms with Gasteiger partial charge in [-0.25, -0.2) is 0 Å². The first-order valence-electron chi connectivity index (χ1n) is 10.8. The van der Waals surface area contributed by atoms with Crippen molar-refractivity contribution in [1.29, 1.82) is 0 Å². The molecule has 1 aliphatic heterocycles. The molecule has 3 aliphatic carbocycles. The molecule has 27 heavy (non-hydrogen) atoms. The van der Waals surface area contributed by atoms with E-state index in [2.05, 4.69) is 39.1 Å². The smallest absolute Gasteiger partial charge is 0.226 e. The lowest BCUT2D eigenvalue weighted by atomic mass is 9.50. The van der Waals surface area contributed by atoms with Crippen molar-refractivity contribution in [3.8, 4) is 0 Å². The number of ketones is 1. The van der Waals surface area contributed by atoms with Gasteiger partial charge in [-0.05, 0) is 68.8 Å². The molecule has 1 heterocycles. The SMILES string of the molecule is CCN(CC)C(=O)C1CC[C@H]2[C@@H]3CNC4=CC(=O)C=C[C@]4(C)[C@@H]3CC[C@]12C. The summed E-state index contributed by atoms with van der Waals surface area (Å²) in [6.07, 6.45) is 10.2. The van der Waals surface area contributed by atoms with E-state index < -0.39 is 0 Å². The summed E-state index contributed by atoms with van der Waals surface area (Å²) in [7, 11) is 0. The third-order valence-corrected chi connectivity index (χ3v) is 8.57. The van der Waals surface area contributed by atoms with Crippen LogP contribution in [0.2, 0.25) is 0 Å². The van der Waals surface area contributed by atoms with Gasteiger partial charge in [-0.2, -0.15) is 0 Å². The molecule has 4 heteroatoms.